The second-order valence-corrected chi connectivity index (χ2v) is 17.3. The third kappa shape index (κ3) is 22.3. The summed E-state index contributed by atoms with van der Waals surface area (Å²) in [6.07, 6.45) is -4.47. The maximum Gasteiger partial charge on any atom is 0.408 e. The molecular formula is C49H67N7O14. The molecule has 3 aromatic carbocycles. The number of hydrogen-bond donors (Lipinski definition) is 9. The Hall–Kier alpha value is -7.10. The molecule has 0 bridgehead atoms. The van der Waals surface area contributed by atoms with Crippen molar-refractivity contribution >= 4 is 47.7 Å². The average molecular weight is 978 g/mol. The van der Waals surface area contributed by atoms with Crippen molar-refractivity contribution in [3.05, 3.63) is 108 Å². The lowest BCUT2D eigenvalue weighted by molar-refractivity contribution is -0.145. The van der Waals surface area contributed by atoms with Crippen LogP contribution in [-0.2, 0) is 67.5 Å². The number of aliphatic carboxylic acids is 1. The van der Waals surface area contributed by atoms with E-state index >= 15 is 0 Å². The predicted molar refractivity (Wildman–Crippen MR) is 254 cm³/mol. The molecule has 0 saturated carbocycles. The van der Waals surface area contributed by atoms with Crippen LogP contribution in [0.15, 0.2) is 91.0 Å². The molecule has 3 aromatic rings. The summed E-state index contributed by atoms with van der Waals surface area (Å²) < 4.78 is 22.4. The molecule has 7 amide bonds. The second-order valence-electron chi connectivity index (χ2n) is 17.3. The average Bonchev–Trinajstić information content (AvgIpc) is 3.32. The molecule has 0 spiro atoms. The summed E-state index contributed by atoms with van der Waals surface area (Å²) in [5.74, 6) is -5.85. The van der Waals surface area contributed by atoms with Crippen LogP contribution in [-0.4, -0.2) is 126 Å². The fourth-order valence-electron chi connectivity index (χ4n) is 6.40. The number of aliphatic hydroxyl groups is 1. The molecule has 0 radical (unpaired) electrons. The summed E-state index contributed by atoms with van der Waals surface area (Å²) in [5.41, 5.74) is 1.46. The number of benzene rings is 3. The molecular weight excluding hydrogens is 911 g/mol. The van der Waals surface area contributed by atoms with Crippen LogP contribution in [0.2, 0.25) is 0 Å². The molecule has 0 aromatic heterocycles. The summed E-state index contributed by atoms with van der Waals surface area (Å²) in [4.78, 5) is 104. The summed E-state index contributed by atoms with van der Waals surface area (Å²) >= 11 is 0. The van der Waals surface area contributed by atoms with Crippen molar-refractivity contribution in [3.8, 4) is 0 Å². The van der Waals surface area contributed by atoms with Crippen molar-refractivity contribution in [3.63, 3.8) is 0 Å². The van der Waals surface area contributed by atoms with Crippen molar-refractivity contribution in [1.82, 2.24) is 37.2 Å². The molecule has 70 heavy (non-hydrogen) atoms. The van der Waals surface area contributed by atoms with Gasteiger partial charge in [-0.15, -0.1) is 0 Å². The molecule has 9 N–H and O–H groups in total. The van der Waals surface area contributed by atoms with Crippen LogP contribution in [0, 0.1) is 0 Å². The zero-order chi connectivity index (χ0) is 51.6. The Morgan fingerprint density at radius 3 is 1.46 bits per heavy atom. The van der Waals surface area contributed by atoms with Crippen LogP contribution in [0.1, 0.15) is 77.5 Å². The highest BCUT2D eigenvalue weighted by Gasteiger charge is 2.33. The summed E-state index contributed by atoms with van der Waals surface area (Å²) in [5, 5.41) is 36.8. The van der Waals surface area contributed by atoms with Gasteiger partial charge in [0.25, 0.3) is 0 Å². The van der Waals surface area contributed by atoms with Gasteiger partial charge in [0.05, 0.1) is 44.6 Å². The van der Waals surface area contributed by atoms with Crippen molar-refractivity contribution in [2.24, 2.45) is 0 Å². The summed E-state index contributed by atoms with van der Waals surface area (Å²) in [7, 11) is 0. The number of unbranched alkanes of at least 4 members (excludes halogenated alkanes) is 1. The Balaban J connectivity index is 1.68. The van der Waals surface area contributed by atoms with Gasteiger partial charge in [0.15, 0.2) is 6.04 Å². The first-order valence-corrected chi connectivity index (χ1v) is 22.8. The van der Waals surface area contributed by atoms with E-state index in [1.165, 1.54) is 13.8 Å². The van der Waals surface area contributed by atoms with Crippen LogP contribution in [0.3, 0.4) is 0 Å². The summed E-state index contributed by atoms with van der Waals surface area (Å²) in [6.45, 7) is 8.15. The molecule has 0 aliphatic rings. The third-order valence-electron chi connectivity index (χ3n) is 10.1. The Bertz CT molecular complexity index is 2140. The van der Waals surface area contributed by atoms with Crippen molar-refractivity contribution in [1.29, 1.82) is 0 Å². The van der Waals surface area contributed by atoms with E-state index in [1.807, 2.05) is 42.5 Å². The van der Waals surface area contributed by atoms with Crippen LogP contribution < -0.4 is 37.2 Å². The number of carboxylic acids is 1. The number of nitrogens with one attached hydrogen (secondary N) is 7. The van der Waals surface area contributed by atoms with Crippen molar-refractivity contribution in [2.75, 3.05) is 19.6 Å². The fourth-order valence-corrected chi connectivity index (χ4v) is 6.40. The van der Waals surface area contributed by atoms with Gasteiger partial charge in [-0.05, 0) is 77.5 Å². The van der Waals surface area contributed by atoms with Crippen molar-refractivity contribution in [2.45, 2.75) is 129 Å². The normalized spacial score (nSPS) is 14.1. The van der Waals surface area contributed by atoms with Gasteiger partial charge in [-0.25, -0.2) is 14.4 Å². The standard InChI is InChI=1S/C49H67N7O14/c1-31(57)40(46(63)64)55-43(60)37(24-16-17-25-50-47(65)69-30-36-22-14-9-15-23-36)53-38(58)26-51-44(61)41(32(2)67-28-34-18-10-7-11-19-34)54-39(59)27-52-45(62)42(56-48(66)70-49(4,5)6)33(3)68-29-35-20-12-8-13-21-35/h7-15,18-23,31-33,37,40-42,57H,16-17,24-30H2,1-6H3,(H,50,65)(H,51,61)(H,52,62)(H,53,58)(H,54,59)(H,55,60)(H,56,66)(H,63,64)/t31-,32-,33-,37+,40+,41+,42+/m1/s1. The lowest BCUT2D eigenvalue weighted by Crippen LogP contribution is -2.58. The predicted octanol–water partition coefficient (Wildman–Crippen LogP) is 2.34. The lowest BCUT2D eigenvalue weighted by Gasteiger charge is -2.27. The number of rotatable bonds is 28. The molecule has 3 rings (SSSR count). The van der Waals surface area contributed by atoms with Gasteiger partial charge >= 0.3 is 18.2 Å². The van der Waals surface area contributed by atoms with E-state index in [1.54, 1.807) is 76.2 Å². The van der Waals surface area contributed by atoms with Gasteiger partial charge in [0, 0.05) is 6.54 Å². The monoisotopic (exact) mass is 977 g/mol. The number of aliphatic hydroxyl groups excluding tert-OH is 1. The van der Waals surface area contributed by atoms with Gasteiger partial charge in [0.1, 0.15) is 30.3 Å². The largest absolute Gasteiger partial charge is 0.480 e. The number of hydrogen-bond acceptors (Lipinski definition) is 13. The third-order valence-corrected chi connectivity index (χ3v) is 10.1. The molecule has 7 atom stereocenters. The van der Waals surface area contributed by atoms with E-state index in [2.05, 4.69) is 37.2 Å². The maximum atomic E-state index is 13.8. The lowest BCUT2D eigenvalue weighted by atomic mass is 10.1. The van der Waals surface area contributed by atoms with E-state index in [0.717, 1.165) is 16.7 Å². The number of alkyl carbamates (subject to hydrolysis) is 2. The molecule has 0 saturated heterocycles. The first-order valence-electron chi connectivity index (χ1n) is 22.8. The van der Waals surface area contributed by atoms with E-state index < -0.39 is 109 Å². The Morgan fingerprint density at radius 2 is 1.00 bits per heavy atom. The van der Waals surface area contributed by atoms with Gasteiger partial charge in [-0.3, -0.25) is 24.0 Å². The van der Waals surface area contributed by atoms with Crippen molar-refractivity contribution < 1.29 is 67.5 Å². The smallest absolute Gasteiger partial charge is 0.408 e. The van der Waals surface area contributed by atoms with Crippen LogP contribution in [0.5, 0.6) is 0 Å². The minimum atomic E-state index is -1.71. The fraction of sp³-hybridized carbons (Fsp3) is 0.469. The molecule has 0 aliphatic carbocycles. The highest BCUT2D eigenvalue weighted by molar-refractivity contribution is 5.95. The number of carbonyl (C=O) groups excluding carboxylic acids is 7. The minimum absolute atomic E-state index is 0.0305. The Kier molecular flexibility index (Phi) is 24.3. The number of carboxylic acid groups (broad SMARTS) is 1. The first kappa shape index (κ1) is 57.2. The molecule has 21 heteroatoms. The summed E-state index contributed by atoms with van der Waals surface area (Å²) in [6, 6.07) is 21.3. The molecule has 0 unspecified atom stereocenters. The molecule has 0 heterocycles. The molecule has 382 valence electrons. The molecule has 21 nitrogen and oxygen atoms in total. The zero-order valence-corrected chi connectivity index (χ0v) is 40.4. The first-order chi connectivity index (χ1) is 33.2. The van der Waals surface area contributed by atoms with E-state index in [4.69, 9.17) is 18.9 Å². The van der Waals surface area contributed by atoms with E-state index in [-0.39, 0.29) is 39.2 Å². The SMILES string of the molecule is C[C@@H](O)[C@H](NC(=O)[C@H](CCCCNC(=O)OCc1ccccc1)NC(=O)CNC(=O)[C@@H](NC(=O)CNC(=O)[C@@H](NC(=O)OC(C)(C)C)[C@@H](C)OCc1ccccc1)[C@@H](C)OCc1ccccc1)C(=O)O. The second kappa shape index (κ2) is 29.7. The van der Waals surface area contributed by atoms with Crippen LogP contribution in [0.25, 0.3) is 0 Å². The number of carbonyl (C=O) groups is 8. The number of amides is 7. The van der Waals surface area contributed by atoms with Crippen LogP contribution >= 0.6 is 0 Å². The maximum absolute atomic E-state index is 13.8. The van der Waals surface area contributed by atoms with Gasteiger partial charge in [0.2, 0.25) is 29.5 Å². The zero-order valence-electron chi connectivity index (χ0n) is 40.4. The van der Waals surface area contributed by atoms with E-state index in [9.17, 15) is 48.6 Å². The van der Waals surface area contributed by atoms with Gasteiger partial charge < -0.3 is 66.4 Å². The number of ether oxygens (including phenoxy) is 4. The van der Waals surface area contributed by atoms with E-state index in [0.29, 0.717) is 6.42 Å². The minimum Gasteiger partial charge on any atom is -0.480 e. The van der Waals surface area contributed by atoms with Gasteiger partial charge in [-0.1, -0.05) is 91.0 Å². The Labute approximate surface area is 407 Å². The molecule has 0 aliphatic heterocycles. The highest BCUT2D eigenvalue weighted by Crippen LogP contribution is 2.12. The topological polar surface area (TPSA) is 298 Å². The quantitative estimate of drug-likeness (QED) is 0.0473. The van der Waals surface area contributed by atoms with Crippen LogP contribution in [0.4, 0.5) is 9.59 Å². The highest BCUT2D eigenvalue weighted by atomic mass is 16.6. The molecule has 0 fully saturated rings. The Morgan fingerprint density at radius 1 is 0.543 bits per heavy atom. The van der Waals surface area contributed by atoms with Gasteiger partial charge in [-0.2, -0.15) is 0 Å².